The molecule has 0 aliphatic carbocycles. The number of likely N-dealkylation sites (N-methyl/N-ethyl adjacent to an activating group) is 1. The highest BCUT2D eigenvalue weighted by molar-refractivity contribution is 5.98. The second kappa shape index (κ2) is 7.19. The highest BCUT2D eigenvalue weighted by atomic mass is 15.5. The van der Waals surface area contributed by atoms with Crippen molar-refractivity contribution in [2.24, 2.45) is 5.10 Å². The lowest BCUT2D eigenvalue weighted by molar-refractivity contribution is 0.215. The molecule has 0 aromatic carbocycles. The molecule has 4 heteroatoms. The number of hydrogen-bond donors (Lipinski definition) is 0. The van der Waals surface area contributed by atoms with Crippen LogP contribution in [0.4, 0.5) is 0 Å². The largest absolute Gasteiger partial charge is 0.364 e. The average molecular weight is 294 g/mol. The molecule has 122 valence electrons. The van der Waals surface area contributed by atoms with Gasteiger partial charge in [0.2, 0.25) is 0 Å². The van der Waals surface area contributed by atoms with E-state index in [1.807, 2.05) is 12.1 Å². The fourth-order valence-electron chi connectivity index (χ4n) is 3.21. The van der Waals surface area contributed by atoms with Crippen LogP contribution in [0.3, 0.4) is 0 Å². The van der Waals surface area contributed by atoms with E-state index in [1.165, 1.54) is 5.70 Å². The van der Waals surface area contributed by atoms with Crippen molar-refractivity contribution in [2.45, 2.75) is 79.6 Å². The van der Waals surface area contributed by atoms with Crippen LogP contribution in [-0.2, 0) is 0 Å². The Hall–Kier alpha value is -1.19. The van der Waals surface area contributed by atoms with Gasteiger partial charge >= 0.3 is 0 Å². The molecule has 1 rings (SSSR count). The van der Waals surface area contributed by atoms with Gasteiger partial charge in [-0.15, -0.1) is 0 Å². The lowest BCUT2D eigenvalue weighted by Crippen LogP contribution is -2.50. The van der Waals surface area contributed by atoms with Crippen molar-refractivity contribution in [1.29, 1.82) is 0 Å². The van der Waals surface area contributed by atoms with Gasteiger partial charge in [-0.05, 0) is 61.5 Å². The standard InChI is InChI=1S/C17H34N4/c1-12(2)20(13(3)4)16-10-11-19(9)18-17(16)21(14(5)6)15(7)8/h10,12-15H,11H2,1-9H3. The van der Waals surface area contributed by atoms with Gasteiger partial charge in [-0.1, -0.05) is 0 Å². The van der Waals surface area contributed by atoms with Crippen LogP contribution < -0.4 is 0 Å². The van der Waals surface area contributed by atoms with Gasteiger partial charge in [-0.25, -0.2) is 0 Å². The fraction of sp³-hybridized carbons (Fsp3) is 0.824. The molecule has 4 nitrogen and oxygen atoms in total. The van der Waals surface area contributed by atoms with Crippen molar-refractivity contribution >= 4 is 5.84 Å². The summed E-state index contributed by atoms with van der Waals surface area (Å²) in [6.45, 7) is 18.9. The Kier molecular flexibility index (Phi) is 6.11. The Morgan fingerprint density at radius 2 is 1.29 bits per heavy atom. The molecule has 0 amide bonds. The van der Waals surface area contributed by atoms with E-state index < -0.39 is 0 Å². The second-order valence-corrected chi connectivity index (χ2v) is 7.04. The van der Waals surface area contributed by atoms with Crippen molar-refractivity contribution in [3.8, 4) is 0 Å². The maximum Gasteiger partial charge on any atom is 0.172 e. The van der Waals surface area contributed by atoms with E-state index in [9.17, 15) is 0 Å². The monoisotopic (exact) mass is 294 g/mol. The van der Waals surface area contributed by atoms with Crippen LogP contribution in [0.1, 0.15) is 55.4 Å². The van der Waals surface area contributed by atoms with Gasteiger partial charge < -0.3 is 9.80 Å². The van der Waals surface area contributed by atoms with Crippen LogP contribution in [0.2, 0.25) is 0 Å². The van der Waals surface area contributed by atoms with Crippen LogP contribution in [0.25, 0.3) is 0 Å². The Morgan fingerprint density at radius 3 is 1.67 bits per heavy atom. The number of rotatable bonds is 5. The summed E-state index contributed by atoms with van der Waals surface area (Å²) >= 11 is 0. The highest BCUT2D eigenvalue weighted by Gasteiger charge is 2.29. The minimum Gasteiger partial charge on any atom is -0.364 e. The van der Waals surface area contributed by atoms with Crippen LogP contribution >= 0.6 is 0 Å². The van der Waals surface area contributed by atoms with Crippen molar-refractivity contribution in [3.63, 3.8) is 0 Å². The van der Waals surface area contributed by atoms with Crippen LogP contribution in [0.5, 0.6) is 0 Å². The molecule has 0 saturated carbocycles. The van der Waals surface area contributed by atoms with Crippen LogP contribution in [0.15, 0.2) is 16.9 Å². The molecule has 0 saturated heterocycles. The topological polar surface area (TPSA) is 22.1 Å². The molecule has 0 aromatic rings. The molecule has 0 unspecified atom stereocenters. The maximum atomic E-state index is 4.86. The molecular formula is C17H34N4. The fourth-order valence-corrected chi connectivity index (χ4v) is 3.21. The average Bonchev–Trinajstić information content (AvgIpc) is 2.30. The van der Waals surface area contributed by atoms with E-state index in [-0.39, 0.29) is 0 Å². The summed E-state index contributed by atoms with van der Waals surface area (Å²) in [6, 6.07) is 1.79. The molecule has 0 atom stereocenters. The highest BCUT2D eigenvalue weighted by Crippen LogP contribution is 2.23. The zero-order chi connectivity index (χ0) is 16.3. The first kappa shape index (κ1) is 17.9. The number of hydrogen-bond acceptors (Lipinski definition) is 4. The first-order chi connectivity index (χ1) is 9.66. The molecule has 0 aromatic heterocycles. The molecule has 1 heterocycles. The molecule has 0 radical (unpaired) electrons. The lowest BCUT2D eigenvalue weighted by Gasteiger charge is -2.43. The van der Waals surface area contributed by atoms with Gasteiger partial charge in [-0.3, -0.25) is 5.01 Å². The Morgan fingerprint density at radius 1 is 0.857 bits per heavy atom. The lowest BCUT2D eigenvalue weighted by atomic mass is 10.1. The van der Waals surface area contributed by atoms with Crippen molar-refractivity contribution in [2.75, 3.05) is 13.6 Å². The van der Waals surface area contributed by atoms with Gasteiger partial charge in [0.15, 0.2) is 5.84 Å². The molecular weight excluding hydrogens is 260 g/mol. The van der Waals surface area contributed by atoms with E-state index in [1.54, 1.807) is 0 Å². The zero-order valence-electron chi connectivity index (χ0n) is 15.4. The third-order valence-electron chi connectivity index (χ3n) is 3.79. The van der Waals surface area contributed by atoms with Gasteiger partial charge in [0, 0.05) is 31.2 Å². The summed E-state index contributed by atoms with van der Waals surface area (Å²) in [5, 5.41) is 6.88. The molecule has 0 spiro atoms. The molecule has 0 fully saturated rings. The predicted molar refractivity (Wildman–Crippen MR) is 92.4 cm³/mol. The van der Waals surface area contributed by atoms with Crippen molar-refractivity contribution < 1.29 is 0 Å². The van der Waals surface area contributed by atoms with Crippen molar-refractivity contribution in [3.05, 3.63) is 11.8 Å². The summed E-state index contributed by atoms with van der Waals surface area (Å²) in [7, 11) is 2.04. The quantitative estimate of drug-likeness (QED) is 0.776. The molecule has 1 aliphatic heterocycles. The second-order valence-electron chi connectivity index (χ2n) is 7.04. The first-order valence-electron chi connectivity index (χ1n) is 8.23. The Bertz CT molecular complexity index is 378. The van der Waals surface area contributed by atoms with Crippen LogP contribution in [-0.4, -0.2) is 58.4 Å². The van der Waals surface area contributed by atoms with Gasteiger partial charge in [-0.2, -0.15) is 5.10 Å². The van der Waals surface area contributed by atoms with Crippen molar-refractivity contribution in [1.82, 2.24) is 14.8 Å². The van der Waals surface area contributed by atoms with Gasteiger partial charge in [0.25, 0.3) is 0 Å². The third-order valence-corrected chi connectivity index (χ3v) is 3.79. The molecule has 0 bridgehead atoms. The van der Waals surface area contributed by atoms with Gasteiger partial charge in [0.05, 0.1) is 12.2 Å². The van der Waals surface area contributed by atoms with E-state index >= 15 is 0 Å². The van der Waals surface area contributed by atoms with E-state index in [0.717, 1.165) is 12.4 Å². The number of amidine groups is 1. The third kappa shape index (κ3) is 4.14. The van der Waals surface area contributed by atoms with E-state index in [2.05, 4.69) is 71.3 Å². The minimum absolute atomic E-state index is 0.430. The van der Waals surface area contributed by atoms with Gasteiger partial charge in [0.1, 0.15) is 0 Å². The normalized spacial score (nSPS) is 16.0. The van der Waals surface area contributed by atoms with Crippen LogP contribution in [0, 0.1) is 0 Å². The summed E-state index contributed by atoms with van der Waals surface area (Å²) in [5.41, 5.74) is 1.28. The predicted octanol–water partition coefficient (Wildman–Crippen LogP) is 3.37. The molecule has 0 N–H and O–H groups in total. The Balaban J connectivity index is 3.26. The molecule has 1 aliphatic rings. The minimum atomic E-state index is 0.430. The SMILES string of the molecule is CC(C)N(C1=CCN(C)N=C1N(C(C)C)C(C)C)C(C)C. The smallest absolute Gasteiger partial charge is 0.172 e. The molecule has 21 heavy (non-hydrogen) atoms. The first-order valence-corrected chi connectivity index (χ1v) is 8.23. The summed E-state index contributed by atoms with van der Waals surface area (Å²) in [4.78, 5) is 4.89. The summed E-state index contributed by atoms with van der Waals surface area (Å²) < 4.78 is 0. The summed E-state index contributed by atoms with van der Waals surface area (Å²) in [6.07, 6.45) is 2.32. The Labute approximate surface area is 131 Å². The zero-order valence-corrected chi connectivity index (χ0v) is 15.4. The van der Waals surface area contributed by atoms with E-state index in [4.69, 9.17) is 5.10 Å². The number of nitrogens with zero attached hydrogens (tertiary/aromatic N) is 4. The number of hydrazone groups is 1. The summed E-state index contributed by atoms with van der Waals surface area (Å²) in [5.74, 6) is 1.11. The van der Waals surface area contributed by atoms with E-state index in [0.29, 0.717) is 24.2 Å². The maximum absolute atomic E-state index is 4.86.